The van der Waals surface area contributed by atoms with Crippen molar-refractivity contribution in [2.75, 3.05) is 13.1 Å². The summed E-state index contributed by atoms with van der Waals surface area (Å²) in [6, 6.07) is 0. The van der Waals surface area contributed by atoms with Gasteiger partial charge in [-0.25, -0.2) is 0 Å². The summed E-state index contributed by atoms with van der Waals surface area (Å²) in [5.74, 6) is -0.527. The maximum Gasteiger partial charge on any atom is 0.451 e. The van der Waals surface area contributed by atoms with Gasteiger partial charge in [-0.1, -0.05) is 12.2 Å². The molecule has 0 aromatic carbocycles. The van der Waals surface area contributed by atoms with Crippen molar-refractivity contribution in [3.05, 3.63) is 11.6 Å². The van der Waals surface area contributed by atoms with E-state index in [-0.39, 0.29) is 12.0 Å². The van der Waals surface area contributed by atoms with Gasteiger partial charge in [0.15, 0.2) is 0 Å². The summed E-state index contributed by atoms with van der Waals surface area (Å²) in [7, 11) is 0. The number of hydrogen-bond acceptors (Lipinski definition) is 4. The van der Waals surface area contributed by atoms with Crippen LogP contribution in [-0.2, 0) is 19.3 Å². The lowest BCUT2D eigenvalue weighted by atomic mass is 10.0. The second-order valence-corrected chi connectivity index (χ2v) is 6.47. The average molecular weight is 319 g/mol. The van der Waals surface area contributed by atoms with Gasteiger partial charge in [-0.15, -0.1) is 10.2 Å². The highest BCUT2D eigenvalue weighted by molar-refractivity contribution is 7.80. The van der Waals surface area contributed by atoms with E-state index in [0.717, 1.165) is 19.4 Å². The quantitative estimate of drug-likeness (QED) is 0.854. The zero-order chi connectivity index (χ0) is 15.3. The van der Waals surface area contributed by atoms with Crippen molar-refractivity contribution >= 4 is 17.2 Å². The van der Waals surface area contributed by atoms with E-state index in [4.69, 9.17) is 18.0 Å². The highest BCUT2D eigenvalue weighted by Crippen LogP contribution is 2.49. The molecule has 1 aromatic rings. The number of fused-ring (bicyclic) bond motifs is 1. The Labute approximate surface area is 125 Å². The van der Waals surface area contributed by atoms with Gasteiger partial charge in [0.25, 0.3) is 0 Å². The molecule has 1 fully saturated rings. The molecule has 2 aliphatic rings. The van der Waals surface area contributed by atoms with Crippen molar-refractivity contribution < 1.29 is 13.2 Å². The standard InChI is InChI=1S/C12H16F3N5S/c13-12(14,15)10-18-17-9-6-19(3-4-20(9)10)7-11(1-2-11)5-8(16)21/h1-7H2,(H2,16,21). The average Bonchev–Trinajstić information content (AvgIpc) is 2.95. The largest absolute Gasteiger partial charge is 0.451 e. The van der Waals surface area contributed by atoms with Gasteiger partial charge in [0.1, 0.15) is 5.82 Å². The lowest BCUT2D eigenvalue weighted by Gasteiger charge is -2.31. The maximum atomic E-state index is 12.8. The predicted molar refractivity (Wildman–Crippen MR) is 73.4 cm³/mol. The molecule has 0 unspecified atom stereocenters. The first-order valence-electron chi connectivity index (χ1n) is 6.79. The summed E-state index contributed by atoms with van der Waals surface area (Å²) in [5, 5.41) is 6.97. The van der Waals surface area contributed by atoms with Crippen LogP contribution < -0.4 is 5.73 Å². The molecule has 1 saturated carbocycles. The molecular weight excluding hydrogens is 303 g/mol. The first-order valence-corrected chi connectivity index (χ1v) is 7.20. The van der Waals surface area contributed by atoms with E-state index in [0.29, 0.717) is 30.3 Å². The third-order valence-corrected chi connectivity index (χ3v) is 4.30. The Morgan fingerprint density at radius 2 is 2.00 bits per heavy atom. The molecule has 3 rings (SSSR count). The van der Waals surface area contributed by atoms with E-state index in [2.05, 4.69) is 15.1 Å². The van der Waals surface area contributed by atoms with Crippen LogP contribution in [0.1, 0.15) is 30.9 Å². The van der Waals surface area contributed by atoms with Gasteiger partial charge in [0.2, 0.25) is 5.82 Å². The second kappa shape index (κ2) is 4.91. The first kappa shape index (κ1) is 14.7. The van der Waals surface area contributed by atoms with Crippen molar-refractivity contribution in [3.8, 4) is 0 Å². The fourth-order valence-electron chi connectivity index (χ4n) is 2.96. The number of rotatable bonds is 4. The summed E-state index contributed by atoms with van der Waals surface area (Å²) in [4.78, 5) is 2.63. The first-order chi connectivity index (χ1) is 9.79. The molecule has 1 aliphatic carbocycles. The van der Waals surface area contributed by atoms with Gasteiger partial charge in [-0.2, -0.15) is 13.2 Å². The molecular formula is C12H16F3N5S. The summed E-state index contributed by atoms with van der Waals surface area (Å²) in [6.07, 6.45) is -1.60. The highest BCUT2D eigenvalue weighted by Gasteiger charge is 2.45. The van der Waals surface area contributed by atoms with Crippen molar-refractivity contribution in [1.29, 1.82) is 0 Å². The molecule has 21 heavy (non-hydrogen) atoms. The van der Waals surface area contributed by atoms with Crippen LogP contribution in [0.25, 0.3) is 0 Å². The number of hydrogen-bond donors (Lipinski definition) is 1. The fourth-order valence-corrected chi connectivity index (χ4v) is 3.27. The molecule has 0 radical (unpaired) electrons. The van der Waals surface area contributed by atoms with Crippen LogP contribution in [0.3, 0.4) is 0 Å². The summed E-state index contributed by atoms with van der Waals surface area (Å²) < 4.78 is 39.5. The molecule has 116 valence electrons. The lowest BCUT2D eigenvalue weighted by molar-refractivity contribution is -0.148. The SMILES string of the molecule is NC(=S)CC1(CN2CCn3c(nnc3C(F)(F)F)C2)CC1. The topological polar surface area (TPSA) is 60.0 Å². The number of aromatic nitrogens is 3. The molecule has 0 amide bonds. The molecule has 2 heterocycles. The zero-order valence-corrected chi connectivity index (χ0v) is 12.2. The number of alkyl halides is 3. The minimum absolute atomic E-state index is 0.126. The van der Waals surface area contributed by atoms with Crippen LogP contribution in [0, 0.1) is 5.41 Å². The van der Waals surface area contributed by atoms with Gasteiger partial charge in [0.05, 0.1) is 11.5 Å². The normalized spacial score (nSPS) is 21.1. The smallest absolute Gasteiger partial charge is 0.393 e. The third kappa shape index (κ3) is 3.03. The van der Waals surface area contributed by atoms with E-state index in [1.54, 1.807) is 0 Å². The van der Waals surface area contributed by atoms with E-state index in [1.807, 2.05) is 0 Å². The van der Waals surface area contributed by atoms with Crippen molar-refractivity contribution in [1.82, 2.24) is 19.7 Å². The van der Waals surface area contributed by atoms with Gasteiger partial charge in [-0.05, 0) is 18.3 Å². The molecule has 0 bridgehead atoms. The van der Waals surface area contributed by atoms with Crippen LogP contribution >= 0.6 is 12.2 Å². The van der Waals surface area contributed by atoms with Crippen LogP contribution in [0.4, 0.5) is 13.2 Å². The number of halogens is 3. The van der Waals surface area contributed by atoms with Gasteiger partial charge in [0, 0.05) is 26.1 Å². The van der Waals surface area contributed by atoms with Crippen LogP contribution in [-0.4, -0.2) is 37.7 Å². The van der Waals surface area contributed by atoms with Gasteiger partial charge >= 0.3 is 6.18 Å². The summed E-state index contributed by atoms with van der Waals surface area (Å²) >= 11 is 4.97. The zero-order valence-electron chi connectivity index (χ0n) is 11.4. The van der Waals surface area contributed by atoms with Crippen molar-refractivity contribution in [2.24, 2.45) is 11.1 Å². The van der Waals surface area contributed by atoms with E-state index in [1.165, 1.54) is 4.57 Å². The van der Waals surface area contributed by atoms with Gasteiger partial charge < -0.3 is 10.3 Å². The Balaban J connectivity index is 1.69. The van der Waals surface area contributed by atoms with Crippen molar-refractivity contribution in [2.45, 2.75) is 38.5 Å². The van der Waals surface area contributed by atoms with Crippen LogP contribution in [0.2, 0.25) is 0 Å². The maximum absolute atomic E-state index is 12.8. The second-order valence-electron chi connectivity index (χ2n) is 5.94. The number of thiocarbonyl (C=S) groups is 1. The monoisotopic (exact) mass is 319 g/mol. The minimum Gasteiger partial charge on any atom is -0.393 e. The molecule has 0 atom stereocenters. The molecule has 5 nitrogen and oxygen atoms in total. The summed E-state index contributed by atoms with van der Waals surface area (Å²) in [6.45, 7) is 2.02. The molecule has 1 aliphatic heterocycles. The number of nitrogens with zero attached hydrogens (tertiary/aromatic N) is 4. The molecule has 9 heteroatoms. The Morgan fingerprint density at radius 1 is 1.29 bits per heavy atom. The minimum atomic E-state index is -4.45. The van der Waals surface area contributed by atoms with E-state index in [9.17, 15) is 13.2 Å². The van der Waals surface area contributed by atoms with Crippen LogP contribution in [0.15, 0.2) is 0 Å². The number of nitrogens with two attached hydrogens (primary N) is 1. The third-order valence-electron chi connectivity index (χ3n) is 4.15. The van der Waals surface area contributed by atoms with Gasteiger partial charge in [-0.3, -0.25) is 4.90 Å². The predicted octanol–water partition coefficient (Wildman–Crippen LogP) is 1.57. The Kier molecular flexibility index (Phi) is 3.44. The molecule has 0 spiro atoms. The molecule has 2 N–H and O–H groups in total. The van der Waals surface area contributed by atoms with Crippen molar-refractivity contribution in [3.63, 3.8) is 0 Å². The molecule has 0 saturated heterocycles. The molecule has 1 aromatic heterocycles. The van der Waals surface area contributed by atoms with E-state index >= 15 is 0 Å². The summed E-state index contributed by atoms with van der Waals surface area (Å²) in [5.41, 5.74) is 5.74. The highest BCUT2D eigenvalue weighted by atomic mass is 32.1. The Hall–Kier alpha value is -1.22. The Bertz CT molecular complexity index is 564. The van der Waals surface area contributed by atoms with Crippen LogP contribution in [0.5, 0.6) is 0 Å². The fraction of sp³-hybridized carbons (Fsp3) is 0.750. The Morgan fingerprint density at radius 3 is 2.57 bits per heavy atom. The van der Waals surface area contributed by atoms with E-state index < -0.39 is 12.0 Å². The lowest BCUT2D eigenvalue weighted by Crippen LogP contribution is -2.39.